The summed E-state index contributed by atoms with van der Waals surface area (Å²) in [7, 11) is -1.46. The highest BCUT2D eigenvalue weighted by atomic mass is 28.3. The Morgan fingerprint density at radius 3 is 1.85 bits per heavy atom. The van der Waals surface area contributed by atoms with Gasteiger partial charge in [0.05, 0.1) is 8.07 Å². The van der Waals surface area contributed by atoms with Crippen LogP contribution < -0.4 is 0 Å². The molecule has 0 N–H and O–H groups in total. The molecule has 0 heterocycles. The highest BCUT2D eigenvalue weighted by molar-refractivity contribution is 6.86. The molecule has 1 saturated carbocycles. The van der Waals surface area contributed by atoms with Crippen LogP contribution in [0, 0.1) is 0 Å². The van der Waals surface area contributed by atoms with Crippen molar-refractivity contribution in [1.82, 2.24) is 0 Å². The van der Waals surface area contributed by atoms with Crippen LogP contribution in [0.15, 0.2) is 0 Å². The summed E-state index contributed by atoms with van der Waals surface area (Å²) in [6.45, 7) is 13.8. The first-order chi connectivity index (χ1) is 5.63. The molecule has 1 unspecified atom stereocenters. The molecule has 0 amide bonds. The van der Waals surface area contributed by atoms with Crippen LogP contribution in [0.4, 0.5) is 0 Å². The molecule has 1 fully saturated rings. The Labute approximate surface area is 82.9 Å². The van der Waals surface area contributed by atoms with Crippen molar-refractivity contribution in [3.8, 4) is 0 Å². The van der Waals surface area contributed by atoms with Gasteiger partial charge in [0.25, 0.3) is 0 Å². The summed E-state index contributed by atoms with van der Waals surface area (Å²) < 4.78 is 0. The second-order valence-corrected chi connectivity index (χ2v) is 12.0. The van der Waals surface area contributed by atoms with Crippen LogP contribution in [-0.2, 0) is 4.79 Å². The molecule has 0 bridgehead atoms. The van der Waals surface area contributed by atoms with E-state index < -0.39 is 8.07 Å². The van der Waals surface area contributed by atoms with Gasteiger partial charge in [0, 0.05) is 11.5 Å². The Balaban J connectivity index is 2.99. The summed E-state index contributed by atoms with van der Waals surface area (Å²) in [4.78, 5) is 11.7. The predicted molar refractivity (Wildman–Crippen MR) is 59.8 cm³/mol. The lowest BCUT2D eigenvalue weighted by Crippen LogP contribution is -2.56. The smallest absolute Gasteiger partial charge is 0.136 e. The normalized spacial score (nSPS) is 30.2. The molecule has 0 aromatic rings. The Morgan fingerprint density at radius 2 is 1.77 bits per heavy atom. The van der Waals surface area contributed by atoms with Gasteiger partial charge < -0.3 is 0 Å². The van der Waals surface area contributed by atoms with Gasteiger partial charge in [-0.15, -0.1) is 0 Å². The van der Waals surface area contributed by atoms with Crippen LogP contribution in [-0.4, -0.2) is 13.9 Å². The summed E-state index contributed by atoms with van der Waals surface area (Å²) in [5.74, 6) is 0.513. The molecule has 1 aliphatic rings. The average molecular weight is 198 g/mol. The molecule has 2 heteroatoms. The molecule has 0 aromatic heterocycles. The standard InChI is InChI=1S/C11H22OSi/c1-10(2,3)13(5,6)11(4)8-7-9(11)12/h7-8H2,1-6H3. The van der Waals surface area contributed by atoms with E-state index in [0.29, 0.717) is 10.8 Å². The fourth-order valence-corrected chi connectivity index (χ4v) is 5.32. The molecule has 1 aliphatic carbocycles. The van der Waals surface area contributed by atoms with E-state index in [0.717, 1.165) is 12.8 Å². The van der Waals surface area contributed by atoms with E-state index >= 15 is 0 Å². The van der Waals surface area contributed by atoms with Crippen LogP contribution in [0.3, 0.4) is 0 Å². The summed E-state index contributed by atoms with van der Waals surface area (Å²) in [6, 6.07) is 0. The zero-order valence-electron chi connectivity index (χ0n) is 9.82. The monoisotopic (exact) mass is 198 g/mol. The molecule has 13 heavy (non-hydrogen) atoms. The van der Waals surface area contributed by atoms with Gasteiger partial charge in [0.15, 0.2) is 0 Å². The summed E-state index contributed by atoms with van der Waals surface area (Å²) in [5, 5.41) is 0.392. The Bertz CT molecular complexity index is 237. The van der Waals surface area contributed by atoms with E-state index in [1.807, 2.05) is 0 Å². The number of carbonyl (C=O) groups excluding carboxylic acids is 1. The van der Waals surface area contributed by atoms with E-state index in [2.05, 4.69) is 40.8 Å². The fraction of sp³-hybridized carbons (Fsp3) is 0.909. The van der Waals surface area contributed by atoms with Crippen molar-refractivity contribution in [3.63, 3.8) is 0 Å². The van der Waals surface area contributed by atoms with Crippen molar-refractivity contribution in [1.29, 1.82) is 0 Å². The lowest BCUT2D eigenvalue weighted by Gasteiger charge is -2.54. The zero-order chi connectivity index (χ0) is 10.5. The largest absolute Gasteiger partial charge is 0.299 e. The maximum absolute atomic E-state index is 11.7. The highest BCUT2D eigenvalue weighted by Crippen LogP contribution is 2.59. The first-order valence-corrected chi connectivity index (χ1v) is 8.16. The fourth-order valence-electron chi connectivity index (χ4n) is 2.09. The van der Waals surface area contributed by atoms with Crippen molar-refractivity contribution in [2.24, 2.45) is 0 Å². The van der Waals surface area contributed by atoms with Crippen molar-refractivity contribution in [2.45, 2.75) is 63.7 Å². The minimum absolute atomic E-state index is 0.0608. The Hall–Kier alpha value is -0.113. The molecule has 0 saturated heterocycles. The number of hydrogen-bond acceptors (Lipinski definition) is 1. The first-order valence-electron chi connectivity index (χ1n) is 5.16. The van der Waals surface area contributed by atoms with E-state index in [1.54, 1.807) is 0 Å². The number of carbonyl (C=O) groups is 1. The van der Waals surface area contributed by atoms with E-state index in [-0.39, 0.29) is 5.04 Å². The van der Waals surface area contributed by atoms with Crippen molar-refractivity contribution >= 4 is 13.9 Å². The summed E-state index contributed by atoms with van der Waals surface area (Å²) in [6.07, 6.45) is 1.95. The summed E-state index contributed by atoms with van der Waals surface area (Å²) in [5.41, 5.74) is 0. The SMILES string of the molecule is CC(C)(C)[Si](C)(C)C1(C)CCC1=O. The molecule has 1 rings (SSSR count). The first kappa shape index (κ1) is 11.0. The number of Topliss-reactive ketones (excluding diaryl/α,β-unsaturated/α-hetero) is 1. The molecular formula is C11H22OSi. The van der Waals surface area contributed by atoms with E-state index in [9.17, 15) is 4.79 Å². The molecule has 1 atom stereocenters. The second kappa shape index (κ2) is 2.69. The van der Waals surface area contributed by atoms with E-state index in [4.69, 9.17) is 0 Å². The van der Waals surface area contributed by atoms with Crippen molar-refractivity contribution in [2.75, 3.05) is 0 Å². The van der Waals surface area contributed by atoms with Gasteiger partial charge in [-0.05, 0) is 11.5 Å². The van der Waals surface area contributed by atoms with Crippen LogP contribution >= 0.6 is 0 Å². The van der Waals surface area contributed by atoms with Gasteiger partial charge in [-0.2, -0.15) is 0 Å². The van der Waals surface area contributed by atoms with Crippen LogP contribution in [0.25, 0.3) is 0 Å². The molecule has 1 nitrogen and oxygen atoms in total. The van der Waals surface area contributed by atoms with Gasteiger partial charge in [-0.25, -0.2) is 0 Å². The van der Waals surface area contributed by atoms with Gasteiger partial charge >= 0.3 is 0 Å². The van der Waals surface area contributed by atoms with Crippen LogP contribution in [0.5, 0.6) is 0 Å². The van der Waals surface area contributed by atoms with Gasteiger partial charge in [-0.3, -0.25) is 4.79 Å². The topological polar surface area (TPSA) is 17.1 Å². The number of ketones is 1. The number of rotatable bonds is 1. The third kappa shape index (κ3) is 1.30. The summed E-state index contributed by atoms with van der Waals surface area (Å²) >= 11 is 0. The lowest BCUT2D eigenvalue weighted by molar-refractivity contribution is -0.127. The van der Waals surface area contributed by atoms with Gasteiger partial charge in [0.1, 0.15) is 5.78 Å². The van der Waals surface area contributed by atoms with Crippen molar-refractivity contribution < 1.29 is 4.79 Å². The van der Waals surface area contributed by atoms with Crippen LogP contribution in [0.2, 0.25) is 23.2 Å². The van der Waals surface area contributed by atoms with Gasteiger partial charge in [-0.1, -0.05) is 40.8 Å². The quantitative estimate of drug-likeness (QED) is 0.588. The third-order valence-electron chi connectivity index (χ3n) is 4.72. The van der Waals surface area contributed by atoms with E-state index in [1.165, 1.54) is 0 Å². The molecule has 0 aliphatic heterocycles. The Kier molecular flexibility index (Phi) is 2.27. The molecular weight excluding hydrogens is 176 g/mol. The zero-order valence-corrected chi connectivity index (χ0v) is 10.8. The molecule has 0 radical (unpaired) electrons. The van der Waals surface area contributed by atoms with Crippen molar-refractivity contribution in [3.05, 3.63) is 0 Å². The predicted octanol–water partition coefficient (Wildman–Crippen LogP) is 3.62. The second-order valence-electron chi connectivity index (χ2n) is 6.13. The maximum Gasteiger partial charge on any atom is 0.136 e. The molecule has 76 valence electrons. The Morgan fingerprint density at radius 1 is 1.31 bits per heavy atom. The minimum Gasteiger partial charge on any atom is -0.299 e. The number of hydrogen-bond donors (Lipinski definition) is 0. The lowest BCUT2D eigenvalue weighted by atomic mass is 9.84. The third-order valence-corrected chi connectivity index (χ3v) is 11.8. The van der Waals surface area contributed by atoms with Gasteiger partial charge in [0.2, 0.25) is 0 Å². The molecule has 0 aromatic carbocycles. The molecule has 0 spiro atoms. The average Bonchev–Trinajstić information content (AvgIpc) is 1.98. The maximum atomic E-state index is 11.7. The minimum atomic E-state index is -1.46. The highest BCUT2D eigenvalue weighted by Gasteiger charge is 2.57. The van der Waals surface area contributed by atoms with Crippen LogP contribution in [0.1, 0.15) is 40.5 Å².